The fraction of sp³-hybridized carbons (Fsp3) is 0.824. The first-order chi connectivity index (χ1) is 10.8. The van der Waals surface area contributed by atoms with E-state index < -0.39 is 14.5 Å². The van der Waals surface area contributed by atoms with Gasteiger partial charge < -0.3 is 19.3 Å². The zero-order valence-electron chi connectivity index (χ0n) is 15.6. The van der Waals surface area contributed by atoms with Crippen molar-refractivity contribution in [3.8, 4) is 0 Å². The molecule has 0 aromatic rings. The molecule has 136 valence electrons. The minimum atomic E-state index is -2.21. The third-order valence-electron chi connectivity index (χ3n) is 4.20. The van der Waals surface area contributed by atoms with Crippen molar-refractivity contribution in [3.05, 3.63) is 12.2 Å². The van der Waals surface area contributed by atoms with E-state index in [1.165, 1.54) is 12.8 Å². The average Bonchev–Trinajstić information content (AvgIpc) is 2.51. The average molecular weight is 346 g/mol. The lowest BCUT2D eigenvalue weighted by molar-refractivity contribution is -0.114. The highest BCUT2D eigenvalue weighted by atomic mass is 28.4. The van der Waals surface area contributed by atoms with E-state index in [4.69, 9.17) is 19.3 Å². The maximum Gasteiger partial charge on any atom is 0.371 e. The van der Waals surface area contributed by atoms with Gasteiger partial charge in [0.15, 0.2) is 0 Å². The highest BCUT2D eigenvalue weighted by Crippen LogP contribution is 2.42. The number of ether oxygens (including phenoxy) is 1. The minimum Gasteiger partial charge on any atom is -0.393 e. The predicted molar refractivity (Wildman–Crippen MR) is 96.3 cm³/mol. The largest absolute Gasteiger partial charge is 0.393 e. The molecule has 0 saturated carbocycles. The number of rotatable bonds is 8. The van der Waals surface area contributed by atoms with Crippen LogP contribution in [0.1, 0.15) is 60.3 Å². The topological polar surface area (TPSA) is 70.8 Å². The summed E-state index contributed by atoms with van der Waals surface area (Å²) >= 11 is 0. The van der Waals surface area contributed by atoms with E-state index in [1.807, 2.05) is 0 Å². The number of hydrogen-bond acceptors (Lipinski definition) is 4. The van der Waals surface area contributed by atoms with E-state index >= 15 is 0 Å². The minimum absolute atomic E-state index is 0.119. The molecule has 1 rings (SSSR count). The number of amides is 1. The maximum absolute atomic E-state index is 9.82. The Balaban J connectivity index is 0.000000688. The molecule has 1 unspecified atom stereocenters. The smallest absolute Gasteiger partial charge is 0.371 e. The van der Waals surface area contributed by atoms with Crippen LogP contribution in [0.5, 0.6) is 0 Å². The maximum atomic E-state index is 9.82. The summed E-state index contributed by atoms with van der Waals surface area (Å²) in [6, 6.07) is 1.09. The first-order valence-electron chi connectivity index (χ1n) is 8.71. The Labute approximate surface area is 142 Å². The molecule has 0 spiro atoms. The summed E-state index contributed by atoms with van der Waals surface area (Å²) in [5.74, 6) is -0.435. The molecule has 0 aromatic heterocycles. The lowest BCUT2D eigenvalue weighted by Crippen LogP contribution is -2.65. The first-order valence-corrected chi connectivity index (χ1v) is 10.7. The lowest BCUT2D eigenvalue weighted by Gasteiger charge is -2.49. The SMILES string of the molecule is C=C(C)C(N)=O.CCOC1(CC)CCCC[Si]1(OCC)OCC. The molecule has 0 radical (unpaired) electrons. The van der Waals surface area contributed by atoms with Crippen LogP contribution in [0.3, 0.4) is 0 Å². The van der Waals surface area contributed by atoms with Gasteiger partial charge in [-0.25, -0.2) is 0 Å². The summed E-state index contributed by atoms with van der Waals surface area (Å²) in [6.45, 7) is 15.5. The Morgan fingerprint density at radius 3 is 2.00 bits per heavy atom. The predicted octanol–water partition coefficient (Wildman–Crippen LogP) is 3.46. The van der Waals surface area contributed by atoms with E-state index in [-0.39, 0.29) is 5.22 Å². The van der Waals surface area contributed by atoms with Gasteiger partial charge in [-0.1, -0.05) is 26.3 Å². The first kappa shape index (κ1) is 22.3. The summed E-state index contributed by atoms with van der Waals surface area (Å²) in [6.07, 6.45) is 4.57. The zero-order valence-corrected chi connectivity index (χ0v) is 16.6. The molecule has 23 heavy (non-hydrogen) atoms. The Morgan fingerprint density at radius 2 is 1.65 bits per heavy atom. The molecular weight excluding hydrogens is 310 g/mol. The summed E-state index contributed by atoms with van der Waals surface area (Å²) in [5, 5.41) is -0.119. The van der Waals surface area contributed by atoms with Crippen molar-refractivity contribution in [1.82, 2.24) is 0 Å². The van der Waals surface area contributed by atoms with Crippen LogP contribution in [0.2, 0.25) is 6.04 Å². The Kier molecular flexibility index (Phi) is 10.6. The highest BCUT2D eigenvalue weighted by molar-refractivity contribution is 6.70. The van der Waals surface area contributed by atoms with Crippen LogP contribution in [0.15, 0.2) is 12.2 Å². The van der Waals surface area contributed by atoms with E-state index in [9.17, 15) is 4.79 Å². The van der Waals surface area contributed by atoms with Crippen molar-refractivity contribution in [1.29, 1.82) is 0 Å². The van der Waals surface area contributed by atoms with Gasteiger partial charge in [0, 0.05) is 25.4 Å². The summed E-state index contributed by atoms with van der Waals surface area (Å²) < 4.78 is 18.5. The summed E-state index contributed by atoms with van der Waals surface area (Å²) in [5.41, 5.74) is 5.09. The fourth-order valence-corrected chi connectivity index (χ4v) is 7.57. The Morgan fingerprint density at radius 1 is 1.13 bits per heavy atom. The zero-order chi connectivity index (χ0) is 17.9. The quantitative estimate of drug-likeness (QED) is 0.540. The lowest BCUT2D eigenvalue weighted by atomic mass is 10.1. The van der Waals surface area contributed by atoms with Gasteiger partial charge in [-0.15, -0.1) is 0 Å². The molecular formula is C17H35NO4Si. The summed E-state index contributed by atoms with van der Waals surface area (Å²) in [4.78, 5) is 9.82. The van der Waals surface area contributed by atoms with E-state index in [0.29, 0.717) is 5.57 Å². The van der Waals surface area contributed by atoms with Crippen molar-refractivity contribution in [3.63, 3.8) is 0 Å². The number of carbonyl (C=O) groups is 1. The molecule has 1 aliphatic heterocycles. The molecule has 1 saturated heterocycles. The molecule has 0 aromatic carbocycles. The molecule has 0 aliphatic carbocycles. The Hall–Kier alpha value is -0.693. The van der Waals surface area contributed by atoms with Gasteiger partial charge in [0.1, 0.15) is 5.22 Å². The van der Waals surface area contributed by atoms with Gasteiger partial charge in [0.05, 0.1) is 0 Å². The number of primary amides is 1. The van der Waals surface area contributed by atoms with E-state index in [1.54, 1.807) is 6.92 Å². The molecule has 1 amide bonds. The van der Waals surface area contributed by atoms with Gasteiger partial charge in [0.2, 0.25) is 5.91 Å². The van der Waals surface area contributed by atoms with Gasteiger partial charge in [0.25, 0.3) is 0 Å². The molecule has 1 fully saturated rings. The molecule has 1 atom stereocenters. The van der Waals surface area contributed by atoms with Gasteiger partial charge in [-0.2, -0.15) is 0 Å². The van der Waals surface area contributed by atoms with Crippen molar-refractivity contribution >= 4 is 14.5 Å². The van der Waals surface area contributed by atoms with Gasteiger partial charge >= 0.3 is 8.56 Å². The number of hydrogen-bond donors (Lipinski definition) is 1. The second-order valence-electron chi connectivity index (χ2n) is 5.75. The monoisotopic (exact) mass is 345 g/mol. The molecule has 0 bridgehead atoms. The number of nitrogens with two attached hydrogens (primary N) is 1. The van der Waals surface area contributed by atoms with Gasteiger partial charge in [-0.3, -0.25) is 4.79 Å². The van der Waals surface area contributed by atoms with Crippen LogP contribution in [0.4, 0.5) is 0 Å². The summed E-state index contributed by atoms with van der Waals surface area (Å²) in [7, 11) is -2.21. The molecule has 6 heteroatoms. The second kappa shape index (κ2) is 11.0. The normalized spacial score (nSPS) is 22.8. The van der Waals surface area contributed by atoms with Crippen LogP contribution in [-0.4, -0.2) is 39.5 Å². The fourth-order valence-electron chi connectivity index (χ4n) is 3.11. The third kappa shape index (κ3) is 6.03. The molecule has 1 aliphatic rings. The molecule has 5 nitrogen and oxygen atoms in total. The number of carbonyl (C=O) groups excluding carboxylic acids is 1. The standard InChI is InChI=1S/C13H28O3Si.C4H7NO/c1-5-13(14-6-2)11-9-10-12-17(13,15-7-3)16-8-4;1-3(2)4(5)6/h5-12H2,1-4H3;1H2,2H3,(H2,5,6). The third-order valence-corrected chi connectivity index (χ3v) is 8.86. The van der Waals surface area contributed by atoms with Crippen LogP contribution in [0.25, 0.3) is 0 Å². The van der Waals surface area contributed by atoms with Crippen LogP contribution < -0.4 is 5.73 Å². The van der Waals surface area contributed by atoms with E-state index in [2.05, 4.69) is 34.3 Å². The van der Waals surface area contributed by atoms with Crippen LogP contribution in [-0.2, 0) is 18.4 Å². The van der Waals surface area contributed by atoms with Gasteiger partial charge in [-0.05, 0) is 46.6 Å². The van der Waals surface area contributed by atoms with Crippen molar-refractivity contribution in [2.24, 2.45) is 5.73 Å². The Bertz CT molecular complexity index is 348. The van der Waals surface area contributed by atoms with Crippen molar-refractivity contribution in [2.75, 3.05) is 19.8 Å². The highest BCUT2D eigenvalue weighted by Gasteiger charge is 2.58. The van der Waals surface area contributed by atoms with Crippen molar-refractivity contribution in [2.45, 2.75) is 71.6 Å². The van der Waals surface area contributed by atoms with E-state index in [0.717, 1.165) is 38.7 Å². The molecule has 2 N–H and O–H groups in total. The molecule has 1 heterocycles. The second-order valence-corrected chi connectivity index (χ2v) is 9.25. The van der Waals surface area contributed by atoms with Crippen molar-refractivity contribution < 1.29 is 18.4 Å². The van der Waals surface area contributed by atoms with Crippen LogP contribution in [0, 0.1) is 0 Å². The van der Waals surface area contributed by atoms with Crippen LogP contribution >= 0.6 is 0 Å².